The van der Waals surface area contributed by atoms with Crippen LogP contribution in [0.1, 0.15) is 42.9 Å². The van der Waals surface area contributed by atoms with Crippen LogP contribution < -0.4 is 0 Å². The van der Waals surface area contributed by atoms with Crippen molar-refractivity contribution < 1.29 is 9.90 Å². The minimum absolute atomic E-state index is 0.217. The van der Waals surface area contributed by atoms with E-state index in [0.29, 0.717) is 25.7 Å². The lowest BCUT2D eigenvalue weighted by molar-refractivity contribution is -0.134. The lowest BCUT2D eigenvalue weighted by atomic mass is 9.84. The summed E-state index contributed by atoms with van der Waals surface area (Å²) in [6, 6.07) is 19.5. The predicted octanol–water partition coefficient (Wildman–Crippen LogP) is 2.94. The fraction of sp³-hybridized carbons (Fsp3) is 0.500. The Morgan fingerprint density at radius 3 is 2.55 bits per heavy atom. The molecule has 2 aromatic carbocycles. The maximum atomic E-state index is 13.3. The first-order valence-corrected chi connectivity index (χ1v) is 11.6. The van der Waals surface area contributed by atoms with E-state index in [2.05, 4.69) is 65.3 Å². The van der Waals surface area contributed by atoms with Crippen molar-refractivity contribution in [1.82, 2.24) is 14.7 Å². The van der Waals surface area contributed by atoms with E-state index in [1.807, 2.05) is 17.9 Å². The first kappa shape index (κ1) is 22.0. The molecule has 0 radical (unpaired) electrons. The Labute approximate surface area is 186 Å². The molecule has 0 saturated carbocycles. The summed E-state index contributed by atoms with van der Waals surface area (Å²) in [4.78, 5) is 20.1. The maximum absolute atomic E-state index is 13.3. The molecule has 166 valence electrons. The standard InChI is InChI=1S/C26H35N3O2/c1-3-23-17-27(13-14-28(23)15-20(2)30)19-26(31)29-16-22-11-7-8-12-24(22)25(18-29)21-9-5-4-6-10-21/h4-12,20,23,25,30H,3,13-19H2,1-2H3. The monoisotopic (exact) mass is 421 g/mol. The number of amides is 1. The molecule has 2 aliphatic heterocycles. The fourth-order valence-electron chi connectivity index (χ4n) is 5.13. The second-order valence-electron chi connectivity index (χ2n) is 9.08. The fourth-order valence-corrected chi connectivity index (χ4v) is 5.13. The number of benzene rings is 2. The zero-order chi connectivity index (χ0) is 21.8. The van der Waals surface area contributed by atoms with Gasteiger partial charge in [-0.05, 0) is 30.0 Å². The highest BCUT2D eigenvalue weighted by Crippen LogP contribution is 2.33. The van der Waals surface area contributed by atoms with E-state index >= 15 is 0 Å². The Kier molecular flexibility index (Phi) is 7.06. The van der Waals surface area contributed by atoms with Crippen molar-refractivity contribution in [3.8, 4) is 0 Å². The summed E-state index contributed by atoms with van der Waals surface area (Å²) in [7, 11) is 0. The number of fused-ring (bicyclic) bond motifs is 1. The normalized spacial score (nSPS) is 23.4. The van der Waals surface area contributed by atoms with Crippen molar-refractivity contribution in [3.63, 3.8) is 0 Å². The molecule has 0 aliphatic carbocycles. The quantitative estimate of drug-likeness (QED) is 0.779. The Morgan fingerprint density at radius 1 is 1.06 bits per heavy atom. The second-order valence-corrected chi connectivity index (χ2v) is 9.08. The minimum Gasteiger partial charge on any atom is -0.392 e. The largest absolute Gasteiger partial charge is 0.392 e. The highest BCUT2D eigenvalue weighted by atomic mass is 16.3. The molecular formula is C26H35N3O2. The number of hydrogen-bond acceptors (Lipinski definition) is 4. The molecule has 31 heavy (non-hydrogen) atoms. The maximum Gasteiger partial charge on any atom is 0.237 e. The molecule has 5 nitrogen and oxygen atoms in total. The van der Waals surface area contributed by atoms with Gasteiger partial charge >= 0.3 is 0 Å². The van der Waals surface area contributed by atoms with Gasteiger partial charge < -0.3 is 10.0 Å². The van der Waals surface area contributed by atoms with Crippen LogP contribution in [-0.2, 0) is 11.3 Å². The van der Waals surface area contributed by atoms with Gasteiger partial charge in [0.15, 0.2) is 0 Å². The van der Waals surface area contributed by atoms with Crippen LogP contribution in [0.4, 0.5) is 0 Å². The Balaban J connectivity index is 1.44. The lowest BCUT2D eigenvalue weighted by Crippen LogP contribution is -2.56. The van der Waals surface area contributed by atoms with E-state index in [9.17, 15) is 9.90 Å². The van der Waals surface area contributed by atoms with Crippen molar-refractivity contribution in [1.29, 1.82) is 0 Å². The average molecular weight is 422 g/mol. The first-order chi connectivity index (χ1) is 15.0. The Hall–Kier alpha value is -2.21. The van der Waals surface area contributed by atoms with Gasteiger partial charge in [-0.2, -0.15) is 0 Å². The molecule has 1 saturated heterocycles. The highest BCUT2D eigenvalue weighted by molar-refractivity contribution is 5.79. The molecule has 1 N–H and O–H groups in total. The minimum atomic E-state index is -0.314. The highest BCUT2D eigenvalue weighted by Gasteiger charge is 2.32. The van der Waals surface area contributed by atoms with Gasteiger partial charge in [0.2, 0.25) is 5.91 Å². The van der Waals surface area contributed by atoms with Gasteiger partial charge in [-0.25, -0.2) is 0 Å². The molecule has 3 atom stereocenters. The zero-order valence-electron chi connectivity index (χ0n) is 18.8. The number of aliphatic hydroxyl groups is 1. The summed E-state index contributed by atoms with van der Waals surface area (Å²) in [6.07, 6.45) is 0.718. The van der Waals surface area contributed by atoms with Gasteiger partial charge in [0.05, 0.1) is 12.6 Å². The molecule has 0 spiro atoms. The number of carbonyl (C=O) groups excluding carboxylic acids is 1. The van der Waals surface area contributed by atoms with Crippen molar-refractivity contribution in [2.75, 3.05) is 39.3 Å². The summed E-state index contributed by atoms with van der Waals surface area (Å²) in [6.45, 7) is 9.33. The SMILES string of the molecule is CCC1CN(CC(=O)N2Cc3ccccc3C(c3ccccc3)C2)CCN1CC(C)O. The van der Waals surface area contributed by atoms with E-state index in [1.165, 1.54) is 16.7 Å². The van der Waals surface area contributed by atoms with Crippen molar-refractivity contribution >= 4 is 5.91 Å². The number of aliphatic hydroxyl groups excluding tert-OH is 1. The van der Waals surface area contributed by atoms with Crippen LogP contribution in [0.15, 0.2) is 54.6 Å². The van der Waals surface area contributed by atoms with Crippen molar-refractivity contribution in [2.45, 2.75) is 44.9 Å². The van der Waals surface area contributed by atoms with Crippen LogP contribution in [0.3, 0.4) is 0 Å². The van der Waals surface area contributed by atoms with Gasteiger partial charge in [-0.3, -0.25) is 14.6 Å². The second kappa shape index (κ2) is 9.94. The third-order valence-electron chi connectivity index (χ3n) is 6.77. The van der Waals surface area contributed by atoms with E-state index in [1.54, 1.807) is 0 Å². The van der Waals surface area contributed by atoms with E-state index in [0.717, 1.165) is 32.6 Å². The number of β-amino-alcohol motifs (C(OH)–C–C–N with tert-alkyl or cyclic N) is 1. The Morgan fingerprint density at radius 2 is 1.81 bits per heavy atom. The van der Waals surface area contributed by atoms with Crippen LogP contribution in [0, 0.1) is 0 Å². The smallest absolute Gasteiger partial charge is 0.237 e. The van der Waals surface area contributed by atoms with E-state index in [-0.39, 0.29) is 17.9 Å². The molecule has 0 aromatic heterocycles. The first-order valence-electron chi connectivity index (χ1n) is 11.6. The number of carbonyl (C=O) groups is 1. The predicted molar refractivity (Wildman–Crippen MR) is 124 cm³/mol. The lowest BCUT2D eigenvalue weighted by Gasteiger charge is -2.42. The summed E-state index contributed by atoms with van der Waals surface area (Å²) in [5, 5.41) is 9.78. The number of hydrogen-bond donors (Lipinski definition) is 1. The van der Waals surface area contributed by atoms with E-state index < -0.39 is 0 Å². The molecule has 4 rings (SSSR count). The summed E-state index contributed by atoms with van der Waals surface area (Å²) >= 11 is 0. The molecule has 2 aliphatic rings. The summed E-state index contributed by atoms with van der Waals surface area (Å²) < 4.78 is 0. The molecule has 2 aromatic rings. The van der Waals surface area contributed by atoms with Crippen LogP contribution >= 0.6 is 0 Å². The van der Waals surface area contributed by atoms with E-state index in [4.69, 9.17) is 0 Å². The topological polar surface area (TPSA) is 47.0 Å². The number of piperazine rings is 1. The van der Waals surface area contributed by atoms with Gasteiger partial charge in [0.1, 0.15) is 0 Å². The van der Waals surface area contributed by atoms with Crippen LogP contribution in [0.25, 0.3) is 0 Å². The summed E-state index contributed by atoms with van der Waals surface area (Å²) in [5.74, 6) is 0.440. The van der Waals surface area contributed by atoms with Gasteiger partial charge in [-0.1, -0.05) is 61.5 Å². The average Bonchev–Trinajstić information content (AvgIpc) is 2.79. The van der Waals surface area contributed by atoms with Crippen LogP contribution in [0.5, 0.6) is 0 Å². The number of rotatable bonds is 6. The van der Waals surface area contributed by atoms with Crippen LogP contribution in [-0.4, -0.2) is 77.1 Å². The third-order valence-corrected chi connectivity index (χ3v) is 6.77. The number of nitrogens with zero attached hydrogens (tertiary/aromatic N) is 3. The van der Waals surface area contributed by atoms with Gasteiger partial charge in [0, 0.05) is 51.2 Å². The van der Waals surface area contributed by atoms with Gasteiger partial charge in [-0.15, -0.1) is 0 Å². The molecule has 1 amide bonds. The molecule has 2 heterocycles. The van der Waals surface area contributed by atoms with Gasteiger partial charge in [0.25, 0.3) is 0 Å². The summed E-state index contributed by atoms with van der Waals surface area (Å²) in [5.41, 5.74) is 3.87. The molecule has 3 unspecified atom stereocenters. The molecule has 1 fully saturated rings. The Bertz CT molecular complexity index is 870. The molecule has 0 bridgehead atoms. The van der Waals surface area contributed by atoms with Crippen molar-refractivity contribution in [3.05, 3.63) is 71.3 Å². The third kappa shape index (κ3) is 5.17. The zero-order valence-corrected chi connectivity index (χ0v) is 18.8. The molecular weight excluding hydrogens is 386 g/mol. The van der Waals surface area contributed by atoms with Crippen molar-refractivity contribution in [2.24, 2.45) is 0 Å². The molecule has 5 heteroatoms. The van der Waals surface area contributed by atoms with Crippen LogP contribution in [0.2, 0.25) is 0 Å².